The fourth-order valence-electron chi connectivity index (χ4n) is 5.26. The first kappa shape index (κ1) is 22.1. The Kier molecular flexibility index (Phi) is 5.30. The first-order valence-electron chi connectivity index (χ1n) is 12.0. The first-order valence-corrected chi connectivity index (χ1v) is 12.0. The number of hydrogen-bond acceptors (Lipinski definition) is 6. The van der Waals surface area contributed by atoms with Crippen LogP contribution in [0.1, 0.15) is 36.6 Å². The van der Waals surface area contributed by atoms with Crippen LogP contribution < -0.4 is 0 Å². The summed E-state index contributed by atoms with van der Waals surface area (Å²) in [6.45, 7) is 4.75. The number of rotatable bonds is 6. The summed E-state index contributed by atoms with van der Waals surface area (Å²) in [5, 5.41) is 19.6. The van der Waals surface area contributed by atoms with Crippen molar-refractivity contribution in [2.24, 2.45) is 0 Å². The van der Waals surface area contributed by atoms with Gasteiger partial charge >= 0.3 is 0 Å². The topological polar surface area (TPSA) is 75.8 Å². The standard InChI is InChI=1S/C27H28FN5O2/c1-17-12-33-15-19(10-22(28)26(33)29-17)18-4-5-21(25(34)11-18)24-7-6-23(30-31-24)20-13-32(14-20)16-27(35-2)8-3-9-27/h4-7,10-12,15,20,34H,3,8-9,13-14,16H2,1-2H3. The number of aromatic nitrogens is 4. The molecule has 3 aromatic heterocycles. The average molecular weight is 474 g/mol. The van der Waals surface area contributed by atoms with Crippen molar-refractivity contribution in [1.82, 2.24) is 24.5 Å². The minimum Gasteiger partial charge on any atom is -0.507 e. The Morgan fingerprint density at radius 1 is 1.09 bits per heavy atom. The van der Waals surface area contributed by atoms with Crippen molar-refractivity contribution in [2.45, 2.75) is 37.7 Å². The van der Waals surface area contributed by atoms with Crippen LogP contribution >= 0.6 is 0 Å². The van der Waals surface area contributed by atoms with E-state index in [0.29, 0.717) is 33.9 Å². The molecule has 0 radical (unpaired) electrons. The third-order valence-electron chi connectivity index (χ3n) is 7.50. The van der Waals surface area contributed by atoms with Crippen LogP contribution in [0.2, 0.25) is 0 Å². The minimum absolute atomic E-state index is 0.0550. The number of phenols is 1. The van der Waals surface area contributed by atoms with Crippen LogP contribution in [0, 0.1) is 12.7 Å². The molecule has 0 unspecified atom stereocenters. The maximum absolute atomic E-state index is 14.5. The molecular weight excluding hydrogens is 445 g/mol. The number of imidazole rings is 1. The number of aryl methyl sites for hydroxylation is 1. The number of aromatic hydroxyl groups is 1. The largest absolute Gasteiger partial charge is 0.507 e. The van der Waals surface area contributed by atoms with Gasteiger partial charge in [-0.3, -0.25) is 4.90 Å². The summed E-state index contributed by atoms with van der Waals surface area (Å²) in [4.78, 5) is 6.62. The molecule has 1 aliphatic heterocycles. The van der Waals surface area contributed by atoms with Gasteiger partial charge in [0.25, 0.3) is 0 Å². The molecule has 0 atom stereocenters. The van der Waals surface area contributed by atoms with E-state index in [0.717, 1.165) is 43.9 Å². The Labute approximate surface area is 203 Å². The number of halogens is 1. The van der Waals surface area contributed by atoms with Crippen LogP contribution in [0.25, 0.3) is 28.0 Å². The van der Waals surface area contributed by atoms with Crippen LogP contribution in [-0.4, -0.2) is 61.9 Å². The second kappa shape index (κ2) is 8.39. The molecule has 35 heavy (non-hydrogen) atoms. The number of nitrogens with zero attached hydrogens (tertiary/aromatic N) is 5. The highest BCUT2D eigenvalue weighted by atomic mass is 19.1. The van der Waals surface area contributed by atoms with Gasteiger partial charge in [-0.05, 0) is 62.1 Å². The number of pyridine rings is 1. The van der Waals surface area contributed by atoms with Crippen molar-refractivity contribution in [3.63, 3.8) is 0 Å². The number of methoxy groups -OCH3 is 1. The summed E-state index contributed by atoms with van der Waals surface area (Å²) < 4.78 is 21.9. The van der Waals surface area contributed by atoms with Crippen molar-refractivity contribution in [1.29, 1.82) is 0 Å². The molecule has 7 nitrogen and oxygen atoms in total. The summed E-state index contributed by atoms with van der Waals surface area (Å²) in [7, 11) is 1.82. The fourth-order valence-corrected chi connectivity index (χ4v) is 5.26. The highest BCUT2D eigenvalue weighted by molar-refractivity contribution is 5.74. The van der Waals surface area contributed by atoms with Gasteiger partial charge in [0.05, 0.1) is 22.7 Å². The van der Waals surface area contributed by atoms with Crippen LogP contribution in [0.4, 0.5) is 4.39 Å². The van der Waals surface area contributed by atoms with Crippen LogP contribution in [0.3, 0.4) is 0 Å². The zero-order valence-electron chi connectivity index (χ0n) is 19.9. The summed E-state index contributed by atoms with van der Waals surface area (Å²) >= 11 is 0. The number of hydrogen-bond donors (Lipinski definition) is 1. The quantitative estimate of drug-likeness (QED) is 0.442. The lowest BCUT2D eigenvalue weighted by Crippen LogP contribution is -2.56. The summed E-state index contributed by atoms with van der Waals surface area (Å²) in [5.41, 5.74) is 4.62. The Morgan fingerprint density at radius 2 is 1.91 bits per heavy atom. The molecule has 0 spiro atoms. The highest BCUT2D eigenvalue weighted by Gasteiger charge is 2.42. The number of phenolic OH excluding ortho intramolecular Hbond substituents is 1. The molecule has 6 rings (SSSR count). The predicted octanol–water partition coefficient (Wildman–Crippen LogP) is 4.58. The number of fused-ring (bicyclic) bond motifs is 1. The summed E-state index contributed by atoms with van der Waals surface area (Å²) in [6.07, 6.45) is 7.13. The van der Waals surface area contributed by atoms with Gasteiger partial charge in [0.1, 0.15) is 5.75 Å². The second-order valence-electron chi connectivity index (χ2n) is 9.90. The van der Waals surface area contributed by atoms with Gasteiger partial charge in [0.2, 0.25) is 0 Å². The van der Waals surface area contributed by atoms with Gasteiger partial charge in [0, 0.05) is 56.2 Å². The molecule has 180 valence electrons. The fraction of sp³-hybridized carbons (Fsp3) is 0.370. The van der Waals surface area contributed by atoms with E-state index in [9.17, 15) is 9.50 Å². The van der Waals surface area contributed by atoms with Crippen LogP contribution in [0.15, 0.2) is 48.8 Å². The maximum Gasteiger partial charge on any atom is 0.173 e. The normalized spacial score (nSPS) is 17.9. The molecule has 1 N–H and O–H groups in total. The second-order valence-corrected chi connectivity index (χ2v) is 9.90. The lowest BCUT2D eigenvalue weighted by molar-refractivity contribution is -0.102. The Balaban J connectivity index is 1.16. The zero-order chi connectivity index (χ0) is 24.2. The average Bonchev–Trinajstić information content (AvgIpc) is 3.18. The molecule has 1 saturated carbocycles. The van der Waals surface area contributed by atoms with Crippen molar-refractivity contribution < 1.29 is 14.2 Å². The monoisotopic (exact) mass is 473 g/mol. The first-order chi connectivity index (χ1) is 16.9. The van der Waals surface area contributed by atoms with Crippen molar-refractivity contribution in [3.8, 4) is 28.1 Å². The van der Waals surface area contributed by atoms with E-state index in [2.05, 4.69) is 20.1 Å². The SMILES string of the molecule is COC1(CN2CC(c3ccc(-c4ccc(-c5cc(F)c6nc(C)cn6c5)cc4O)nn3)C2)CCC1. The van der Waals surface area contributed by atoms with Gasteiger partial charge < -0.3 is 14.2 Å². The van der Waals surface area contributed by atoms with E-state index in [1.807, 2.05) is 38.4 Å². The number of ether oxygens (including phenoxy) is 1. The number of benzene rings is 1. The molecular formula is C27H28FN5O2. The lowest BCUT2D eigenvalue weighted by atomic mass is 9.78. The minimum atomic E-state index is -0.403. The van der Waals surface area contributed by atoms with Gasteiger partial charge in [-0.25, -0.2) is 9.37 Å². The number of likely N-dealkylation sites (tertiary alicyclic amines) is 1. The molecule has 1 aliphatic carbocycles. The van der Waals surface area contributed by atoms with E-state index in [1.54, 1.807) is 22.7 Å². The molecule has 8 heteroatoms. The Morgan fingerprint density at radius 3 is 2.57 bits per heavy atom. The highest BCUT2D eigenvalue weighted by Crippen LogP contribution is 2.39. The van der Waals surface area contributed by atoms with E-state index in [1.165, 1.54) is 12.5 Å². The summed E-state index contributed by atoms with van der Waals surface area (Å²) in [6, 6.07) is 10.6. The molecule has 0 amide bonds. The summed E-state index contributed by atoms with van der Waals surface area (Å²) in [5.74, 6) is 0.0467. The van der Waals surface area contributed by atoms with E-state index < -0.39 is 5.82 Å². The van der Waals surface area contributed by atoms with Gasteiger partial charge in [-0.2, -0.15) is 10.2 Å². The Bertz CT molecular complexity index is 1390. The molecule has 4 aromatic rings. The van der Waals surface area contributed by atoms with Crippen molar-refractivity contribution in [3.05, 3.63) is 66.0 Å². The molecule has 1 saturated heterocycles. The van der Waals surface area contributed by atoms with Gasteiger partial charge in [-0.1, -0.05) is 6.07 Å². The van der Waals surface area contributed by atoms with Crippen molar-refractivity contribution >= 4 is 5.65 Å². The third-order valence-corrected chi connectivity index (χ3v) is 7.50. The lowest BCUT2D eigenvalue weighted by Gasteiger charge is -2.48. The van der Waals surface area contributed by atoms with Gasteiger partial charge in [-0.15, -0.1) is 0 Å². The van der Waals surface area contributed by atoms with Crippen LogP contribution in [-0.2, 0) is 4.74 Å². The predicted molar refractivity (Wildman–Crippen MR) is 131 cm³/mol. The molecule has 1 aromatic carbocycles. The molecule has 2 fully saturated rings. The smallest absolute Gasteiger partial charge is 0.173 e. The molecule has 4 heterocycles. The van der Waals surface area contributed by atoms with Crippen LogP contribution in [0.5, 0.6) is 5.75 Å². The van der Waals surface area contributed by atoms with E-state index >= 15 is 0 Å². The van der Waals surface area contributed by atoms with Gasteiger partial charge in [0.15, 0.2) is 11.5 Å². The third kappa shape index (κ3) is 3.96. The Hall–Kier alpha value is -3.36. The van der Waals surface area contributed by atoms with Crippen molar-refractivity contribution in [2.75, 3.05) is 26.7 Å². The van der Waals surface area contributed by atoms with E-state index in [4.69, 9.17) is 4.74 Å². The molecule has 0 bridgehead atoms. The maximum atomic E-state index is 14.5. The molecule has 2 aliphatic rings. The van der Waals surface area contributed by atoms with E-state index in [-0.39, 0.29) is 11.4 Å². The zero-order valence-corrected chi connectivity index (χ0v) is 19.9.